The van der Waals surface area contributed by atoms with Crippen LogP contribution in [0.5, 0.6) is 0 Å². The second-order valence-corrected chi connectivity index (χ2v) is 12.1. The van der Waals surface area contributed by atoms with Crippen LogP contribution in [-0.2, 0) is 21.2 Å². The Balaban J connectivity index is 1.29. The van der Waals surface area contributed by atoms with Crippen molar-refractivity contribution in [3.05, 3.63) is 106 Å². The van der Waals surface area contributed by atoms with Crippen molar-refractivity contribution >= 4 is 21.8 Å². The van der Waals surface area contributed by atoms with Crippen LogP contribution in [0.1, 0.15) is 57.4 Å². The zero-order valence-corrected chi connectivity index (χ0v) is 22.7. The first-order valence-corrected chi connectivity index (χ1v) is 15.0. The zero-order chi connectivity index (χ0) is 27.6. The molecule has 1 aliphatic heterocycles. The van der Waals surface area contributed by atoms with Crippen molar-refractivity contribution in [3.63, 3.8) is 0 Å². The fraction of sp³-hybridized carbons (Fsp3) is 0.333. The van der Waals surface area contributed by atoms with Crippen LogP contribution in [0.4, 0.5) is 4.39 Å². The molecule has 2 fully saturated rings. The smallest absolute Gasteiger partial charge is 0.267 e. The Labute approximate surface area is 228 Å². The maximum atomic E-state index is 14.9. The Kier molecular flexibility index (Phi) is 7.81. The number of halogens is 1. The largest absolute Gasteiger partial charge is 0.340 e. The number of amides is 2. The number of carbonyl (C=O) groups is 2. The summed E-state index contributed by atoms with van der Waals surface area (Å²) in [5.74, 6) is -1.77. The Morgan fingerprint density at radius 1 is 0.923 bits per heavy atom. The van der Waals surface area contributed by atoms with Crippen LogP contribution in [0.15, 0.2) is 72.8 Å². The number of rotatable bonds is 8. The number of piperazine rings is 1. The van der Waals surface area contributed by atoms with Gasteiger partial charge in [0.1, 0.15) is 5.82 Å². The molecule has 0 radical (unpaired) electrons. The molecule has 39 heavy (non-hydrogen) atoms. The Morgan fingerprint density at radius 2 is 1.49 bits per heavy atom. The van der Waals surface area contributed by atoms with Gasteiger partial charge in [0.25, 0.3) is 5.91 Å². The van der Waals surface area contributed by atoms with Gasteiger partial charge < -0.3 is 4.90 Å². The van der Waals surface area contributed by atoms with Gasteiger partial charge in [0.2, 0.25) is 15.9 Å². The summed E-state index contributed by atoms with van der Waals surface area (Å²) in [6.45, 7) is 2.53. The number of hydrogen-bond donors (Lipinski definition) is 1. The molecule has 204 valence electrons. The lowest BCUT2D eigenvalue weighted by atomic mass is 9.95. The summed E-state index contributed by atoms with van der Waals surface area (Å²) >= 11 is 0. The molecule has 0 unspecified atom stereocenters. The van der Waals surface area contributed by atoms with E-state index >= 15 is 0 Å². The van der Waals surface area contributed by atoms with Crippen LogP contribution in [0.25, 0.3) is 0 Å². The fourth-order valence-corrected chi connectivity index (χ4v) is 5.79. The highest BCUT2D eigenvalue weighted by molar-refractivity contribution is 7.89. The number of benzene rings is 3. The van der Waals surface area contributed by atoms with E-state index in [4.69, 9.17) is 0 Å². The Morgan fingerprint density at radius 3 is 2.00 bits per heavy atom. The van der Waals surface area contributed by atoms with Crippen molar-refractivity contribution in [2.75, 3.05) is 32.4 Å². The van der Waals surface area contributed by atoms with Crippen molar-refractivity contribution in [3.8, 4) is 0 Å². The summed E-state index contributed by atoms with van der Waals surface area (Å²) in [6, 6.07) is 23.4. The molecule has 3 aromatic rings. The van der Waals surface area contributed by atoms with E-state index in [2.05, 4.69) is 29.2 Å². The average Bonchev–Trinajstić information content (AvgIpc) is 3.75. The molecular weight excluding hydrogens is 517 g/mol. The molecule has 1 N–H and O–H groups in total. The maximum Gasteiger partial charge on any atom is 0.267 e. The van der Waals surface area contributed by atoms with Gasteiger partial charge in [0.05, 0.1) is 24.3 Å². The molecule has 2 aliphatic rings. The maximum absolute atomic E-state index is 14.9. The Hall–Kier alpha value is -3.56. The predicted molar refractivity (Wildman–Crippen MR) is 147 cm³/mol. The molecule has 0 spiro atoms. The monoisotopic (exact) mass is 549 g/mol. The van der Waals surface area contributed by atoms with Gasteiger partial charge in [-0.25, -0.2) is 17.5 Å². The van der Waals surface area contributed by atoms with Crippen molar-refractivity contribution in [1.29, 1.82) is 0 Å². The van der Waals surface area contributed by atoms with Gasteiger partial charge in [-0.05, 0) is 53.1 Å². The summed E-state index contributed by atoms with van der Waals surface area (Å²) in [4.78, 5) is 29.9. The molecule has 3 aromatic carbocycles. The SMILES string of the molecule is CS(=O)(=O)NC(=O)c1cc(C2CC2)c(CC(=O)N2CCN(C(c3ccccc3)c3ccccc3)CC2)cc1F. The summed E-state index contributed by atoms with van der Waals surface area (Å²) in [6.07, 6.45) is 2.66. The van der Waals surface area contributed by atoms with Crippen LogP contribution >= 0.6 is 0 Å². The topological polar surface area (TPSA) is 86.8 Å². The van der Waals surface area contributed by atoms with Crippen LogP contribution in [0.3, 0.4) is 0 Å². The van der Waals surface area contributed by atoms with Gasteiger partial charge in [0, 0.05) is 26.2 Å². The third-order valence-electron chi connectivity index (χ3n) is 7.37. The van der Waals surface area contributed by atoms with Crippen LogP contribution in [-0.4, -0.2) is 62.5 Å². The van der Waals surface area contributed by atoms with E-state index in [1.54, 1.807) is 0 Å². The van der Waals surface area contributed by atoms with E-state index in [9.17, 15) is 22.4 Å². The minimum atomic E-state index is -3.83. The first kappa shape index (κ1) is 27.0. The summed E-state index contributed by atoms with van der Waals surface area (Å²) in [5, 5.41) is 0. The molecule has 1 heterocycles. The molecule has 0 aromatic heterocycles. The van der Waals surface area contributed by atoms with Gasteiger partial charge in [-0.1, -0.05) is 60.7 Å². The highest BCUT2D eigenvalue weighted by Crippen LogP contribution is 2.42. The lowest BCUT2D eigenvalue weighted by Gasteiger charge is -2.40. The predicted octanol–water partition coefficient (Wildman–Crippen LogP) is 3.87. The first-order valence-electron chi connectivity index (χ1n) is 13.2. The lowest BCUT2D eigenvalue weighted by molar-refractivity contribution is -0.132. The van der Waals surface area contributed by atoms with Crippen molar-refractivity contribution < 1.29 is 22.4 Å². The number of nitrogens with one attached hydrogen (secondary N) is 1. The number of carbonyl (C=O) groups excluding carboxylic acids is 2. The zero-order valence-electron chi connectivity index (χ0n) is 21.8. The summed E-state index contributed by atoms with van der Waals surface area (Å²) < 4.78 is 39.7. The quantitative estimate of drug-likeness (QED) is 0.461. The summed E-state index contributed by atoms with van der Waals surface area (Å²) in [7, 11) is -3.83. The minimum absolute atomic E-state index is 0.0392. The van der Waals surface area contributed by atoms with E-state index in [0.29, 0.717) is 31.7 Å². The molecule has 7 nitrogen and oxygen atoms in total. The minimum Gasteiger partial charge on any atom is -0.340 e. The molecule has 0 bridgehead atoms. The van der Waals surface area contributed by atoms with Crippen LogP contribution in [0, 0.1) is 5.82 Å². The van der Waals surface area contributed by atoms with Crippen molar-refractivity contribution in [2.24, 2.45) is 0 Å². The van der Waals surface area contributed by atoms with Gasteiger partial charge in [-0.15, -0.1) is 0 Å². The fourth-order valence-electron chi connectivity index (χ4n) is 5.35. The number of hydrogen-bond acceptors (Lipinski definition) is 5. The molecule has 2 amide bonds. The normalized spacial score (nSPS) is 16.3. The number of nitrogens with zero attached hydrogens (tertiary/aromatic N) is 2. The van der Waals surface area contributed by atoms with Crippen molar-refractivity contribution in [2.45, 2.75) is 31.2 Å². The van der Waals surface area contributed by atoms with E-state index in [1.807, 2.05) is 46.0 Å². The molecule has 1 aliphatic carbocycles. The number of sulfonamides is 1. The lowest BCUT2D eigenvalue weighted by Crippen LogP contribution is -2.50. The van der Waals surface area contributed by atoms with Crippen LogP contribution < -0.4 is 4.72 Å². The Bertz CT molecular complexity index is 1410. The third kappa shape index (κ3) is 6.54. The van der Waals surface area contributed by atoms with Gasteiger partial charge in [-0.2, -0.15) is 0 Å². The molecule has 1 saturated carbocycles. The molecule has 1 saturated heterocycles. The van der Waals surface area contributed by atoms with Gasteiger partial charge >= 0.3 is 0 Å². The third-order valence-corrected chi connectivity index (χ3v) is 7.93. The van der Waals surface area contributed by atoms with Gasteiger partial charge in [0.15, 0.2) is 0 Å². The molecule has 5 rings (SSSR count). The highest BCUT2D eigenvalue weighted by atomic mass is 32.2. The van der Waals surface area contributed by atoms with Crippen LogP contribution in [0.2, 0.25) is 0 Å². The van der Waals surface area contributed by atoms with E-state index < -0.39 is 21.7 Å². The van der Waals surface area contributed by atoms with Crippen molar-refractivity contribution in [1.82, 2.24) is 14.5 Å². The van der Waals surface area contributed by atoms with E-state index in [1.165, 1.54) is 23.3 Å². The second kappa shape index (κ2) is 11.3. The van der Waals surface area contributed by atoms with E-state index in [0.717, 1.165) is 24.7 Å². The highest BCUT2D eigenvalue weighted by Gasteiger charge is 2.32. The summed E-state index contributed by atoms with van der Waals surface area (Å²) in [5.41, 5.74) is 3.39. The van der Waals surface area contributed by atoms with E-state index in [-0.39, 0.29) is 29.9 Å². The molecule has 9 heteroatoms. The molecule has 0 atom stereocenters. The second-order valence-electron chi connectivity index (χ2n) is 10.3. The molecular formula is C30H32FN3O4S. The van der Waals surface area contributed by atoms with Gasteiger partial charge in [-0.3, -0.25) is 14.5 Å². The standard InChI is InChI=1S/C30H32FN3O4S/c1-39(37,38)32-30(36)26-20-25(21-12-13-21)24(18-27(26)31)19-28(35)33-14-16-34(17-15-33)29(22-8-4-2-5-9-22)23-10-6-3-7-11-23/h2-11,18,20-21,29H,12-17,19H2,1H3,(H,32,36). The first-order chi connectivity index (χ1) is 18.7. The average molecular weight is 550 g/mol.